The van der Waals surface area contributed by atoms with E-state index in [2.05, 4.69) is 71.8 Å². The lowest BCUT2D eigenvalue weighted by atomic mass is 9.98. The average Bonchev–Trinajstić information content (AvgIpc) is 2.40. The molecule has 1 fully saturated rings. The zero-order chi connectivity index (χ0) is 12.2. The van der Waals surface area contributed by atoms with E-state index in [1.54, 1.807) is 0 Å². The maximum atomic E-state index is 2.38. The van der Waals surface area contributed by atoms with E-state index in [1.807, 2.05) is 0 Å². The van der Waals surface area contributed by atoms with Gasteiger partial charge in [0.1, 0.15) is 0 Å². The summed E-state index contributed by atoms with van der Waals surface area (Å²) in [6.45, 7) is 2.37. The Morgan fingerprint density at radius 2 is 1.28 bits per heavy atom. The van der Waals surface area contributed by atoms with Crippen molar-refractivity contribution in [3.05, 3.63) is 78.0 Å². The van der Waals surface area contributed by atoms with Gasteiger partial charge in [-0.05, 0) is 17.5 Å². The van der Waals surface area contributed by atoms with Crippen LogP contribution in [0.3, 0.4) is 0 Å². The SMILES string of the molecule is C(=C(c1ccccc1)c1ccccc1)N1CCC1. The van der Waals surface area contributed by atoms with E-state index in [9.17, 15) is 0 Å². The minimum Gasteiger partial charge on any atom is -0.377 e. The van der Waals surface area contributed by atoms with E-state index in [0.717, 1.165) is 0 Å². The molecule has 1 saturated heterocycles. The summed E-state index contributed by atoms with van der Waals surface area (Å²) < 4.78 is 0. The van der Waals surface area contributed by atoms with Gasteiger partial charge in [-0.25, -0.2) is 0 Å². The Labute approximate surface area is 108 Å². The zero-order valence-corrected chi connectivity index (χ0v) is 10.4. The monoisotopic (exact) mass is 235 g/mol. The lowest BCUT2D eigenvalue weighted by molar-refractivity contribution is 0.265. The molecule has 0 atom stereocenters. The van der Waals surface area contributed by atoms with E-state index >= 15 is 0 Å². The molecule has 0 spiro atoms. The van der Waals surface area contributed by atoms with Crippen molar-refractivity contribution < 1.29 is 0 Å². The molecule has 0 amide bonds. The summed E-state index contributed by atoms with van der Waals surface area (Å²) in [5.41, 5.74) is 3.89. The Hall–Kier alpha value is -2.02. The summed E-state index contributed by atoms with van der Waals surface area (Å²) in [5, 5.41) is 0. The molecule has 0 N–H and O–H groups in total. The molecule has 0 aromatic heterocycles. The Kier molecular flexibility index (Phi) is 3.14. The van der Waals surface area contributed by atoms with Crippen LogP contribution in [-0.4, -0.2) is 18.0 Å². The van der Waals surface area contributed by atoms with Crippen LogP contribution in [0.15, 0.2) is 66.9 Å². The fourth-order valence-electron chi connectivity index (χ4n) is 2.20. The van der Waals surface area contributed by atoms with Gasteiger partial charge in [-0.2, -0.15) is 0 Å². The highest BCUT2D eigenvalue weighted by atomic mass is 15.2. The van der Waals surface area contributed by atoms with Gasteiger partial charge in [0.05, 0.1) is 0 Å². The van der Waals surface area contributed by atoms with Crippen LogP contribution in [0.5, 0.6) is 0 Å². The van der Waals surface area contributed by atoms with Crippen LogP contribution in [0.2, 0.25) is 0 Å². The van der Waals surface area contributed by atoms with Crippen LogP contribution in [0, 0.1) is 0 Å². The highest BCUT2D eigenvalue weighted by Crippen LogP contribution is 2.25. The molecule has 0 aliphatic carbocycles. The fraction of sp³-hybridized carbons (Fsp3) is 0.176. The minimum absolute atomic E-state index is 1.18. The summed E-state index contributed by atoms with van der Waals surface area (Å²) in [6, 6.07) is 21.2. The number of benzene rings is 2. The van der Waals surface area contributed by atoms with E-state index < -0.39 is 0 Å². The van der Waals surface area contributed by atoms with Crippen molar-refractivity contribution in [1.82, 2.24) is 4.90 Å². The molecule has 0 bridgehead atoms. The molecule has 0 saturated carbocycles. The first-order valence-electron chi connectivity index (χ1n) is 6.50. The van der Waals surface area contributed by atoms with Gasteiger partial charge < -0.3 is 4.90 Å². The maximum Gasteiger partial charge on any atom is 0.0189 e. The molecule has 1 aliphatic rings. The summed E-state index contributed by atoms with van der Waals surface area (Å²) >= 11 is 0. The van der Waals surface area contributed by atoms with Crippen molar-refractivity contribution in [2.75, 3.05) is 13.1 Å². The molecule has 90 valence electrons. The maximum absolute atomic E-state index is 2.38. The number of rotatable bonds is 3. The standard InChI is InChI=1S/C17H17N/c1-3-8-15(9-4-1)17(14-18-12-7-13-18)16-10-5-2-6-11-16/h1-6,8-11,14H,7,12-13H2. The Bertz CT molecular complexity index is 483. The van der Waals surface area contributed by atoms with E-state index in [1.165, 1.54) is 36.2 Å². The number of likely N-dealkylation sites (tertiary alicyclic amines) is 1. The molecule has 1 nitrogen and oxygen atoms in total. The predicted molar refractivity (Wildman–Crippen MR) is 76.2 cm³/mol. The van der Waals surface area contributed by atoms with Crippen molar-refractivity contribution in [3.8, 4) is 0 Å². The fourth-order valence-corrected chi connectivity index (χ4v) is 2.20. The second-order valence-electron chi connectivity index (χ2n) is 4.66. The molecule has 18 heavy (non-hydrogen) atoms. The summed E-state index contributed by atoms with van der Waals surface area (Å²) in [7, 11) is 0. The molecular weight excluding hydrogens is 218 g/mol. The average molecular weight is 235 g/mol. The third-order valence-corrected chi connectivity index (χ3v) is 3.37. The Balaban J connectivity index is 2.01. The third-order valence-electron chi connectivity index (χ3n) is 3.37. The van der Waals surface area contributed by atoms with Gasteiger partial charge in [0.15, 0.2) is 0 Å². The number of hydrogen-bond acceptors (Lipinski definition) is 1. The molecule has 0 radical (unpaired) electrons. The molecule has 2 aromatic rings. The summed E-state index contributed by atoms with van der Waals surface area (Å²) in [4.78, 5) is 2.38. The molecule has 1 aliphatic heterocycles. The Morgan fingerprint density at radius 1 is 0.778 bits per heavy atom. The largest absolute Gasteiger partial charge is 0.377 e. The topological polar surface area (TPSA) is 3.24 Å². The van der Waals surface area contributed by atoms with Gasteiger partial charge in [-0.1, -0.05) is 60.7 Å². The summed E-state index contributed by atoms with van der Waals surface area (Å²) in [6.07, 6.45) is 3.61. The van der Waals surface area contributed by atoms with E-state index in [-0.39, 0.29) is 0 Å². The smallest absolute Gasteiger partial charge is 0.0189 e. The lowest BCUT2D eigenvalue weighted by Crippen LogP contribution is -2.32. The van der Waals surface area contributed by atoms with Crippen molar-refractivity contribution in [2.45, 2.75) is 6.42 Å². The zero-order valence-electron chi connectivity index (χ0n) is 10.4. The van der Waals surface area contributed by atoms with Gasteiger partial charge in [-0.3, -0.25) is 0 Å². The second-order valence-corrected chi connectivity index (χ2v) is 4.66. The van der Waals surface area contributed by atoms with Crippen molar-refractivity contribution in [1.29, 1.82) is 0 Å². The quantitative estimate of drug-likeness (QED) is 0.782. The van der Waals surface area contributed by atoms with Crippen LogP contribution in [0.25, 0.3) is 5.57 Å². The van der Waals surface area contributed by atoms with Gasteiger partial charge in [0.2, 0.25) is 0 Å². The van der Waals surface area contributed by atoms with Crippen LogP contribution >= 0.6 is 0 Å². The Morgan fingerprint density at radius 3 is 1.67 bits per heavy atom. The first-order chi connectivity index (χ1) is 8.93. The van der Waals surface area contributed by atoms with E-state index in [4.69, 9.17) is 0 Å². The minimum atomic E-state index is 1.18. The molecule has 0 unspecified atom stereocenters. The molecule has 3 rings (SSSR count). The van der Waals surface area contributed by atoms with E-state index in [0.29, 0.717) is 0 Å². The highest BCUT2D eigenvalue weighted by Gasteiger charge is 2.12. The predicted octanol–water partition coefficient (Wildman–Crippen LogP) is 3.78. The van der Waals surface area contributed by atoms with Crippen molar-refractivity contribution >= 4 is 5.57 Å². The highest BCUT2D eigenvalue weighted by molar-refractivity contribution is 5.79. The summed E-state index contributed by atoms with van der Waals surface area (Å²) in [5.74, 6) is 0. The number of hydrogen-bond donors (Lipinski definition) is 0. The van der Waals surface area contributed by atoms with Crippen LogP contribution in [-0.2, 0) is 0 Å². The first-order valence-corrected chi connectivity index (χ1v) is 6.50. The molecule has 1 heteroatoms. The third kappa shape index (κ3) is 2.30. The van der Waals surface area contributed by atoms with Gasteiger partial charge in [0.25, 0.3) is 0 Å². The van der Waals surface area contributed by atoms with Gasteiger partial charge >= 0.3 is 0 Å². The van der Waals surface area contributed by atoms with Crippen LogP contribution in [0.1, 0.15) is 17.5 Å². The molecule has 2 aromatic carbocycles. The van der Waals surface area contributed by atoms with Crippen LogP contribution < -0.4 is 0 Å². The normalized spacial score (nSPS) is 13.9. The van der Waals surface area contributed by atoms with Crippen molar-refractivity contribution in [2.24, 2.45) is 0 Å². The van der Waals surface area contributed by atoms with Crippen molar-refractivity contribution in [3.63, 3.8) is 0 Å². The van der Waals surface area contributed by atoms with Gasteiger partial charge in [-0.15, -0.1) is 0 Å². The second kappa shape index (κ2) is 5.09. The molecule has 1 heterocycles. The number of nitrogens with zero attached hydrogens (tertiary/aromatic N) is 1. The first kappa shape index (κ1) is 11.1. The molecular formula is C17H17N. The van der Waals surface area contributed by atoms with Crippen LogP contribution in [0.4, 0.5) is 0 Å². The lowest BCUT2D eigenvalue weighted by Gasteiger charge is -2.30. The van der Waals surface area contributed by atoms with Gasteiger partial charge in [0, 0.05) is 24.9 Å².